The summed E-state index contributed by atoms with van der Waals surface area (Å²) >= 11 is 1.26. The molecule has 8 nitrogen and oxygen atoms in total. The summed E-state index contributed by atoms with van der Waals surface area (Å²) in [5.74, 6) is -0.975. The first-order chi connectivity index (χ1) is 14.5. The van der Waals surface area contributed by atoms with Gasteiger partial charge in [-0.2, -0.15) is 5.10 Å². The van der Waals surface area contributed by atoms with Crippen LogP contribution in [0.25, 0.3) is 0 Å². The molecule has 1 atom stereocenters. The number of nitrogens with zero attached hydrogens (tertiary/aromatic N) is 3. The Labute approximate surface area is 173 Å². The summed E-state index contributed by atoms with van der Waals surface area (Å²) in [5.41, 5.74) is 5.52. The molecule has 11 heteroatoms. The van der Waals surface area contributed by atoms with Crippen LogP contribution in [0.15, 0.2) is 53.4 Å². The van der Waals surface area contributed by atoms with Crippen LogP contribution in [0.4, 0.5) is 14.5 Å². The molecule has 1 amide bonds. The number of amides is 1. The monoisotopic (exact) mass is 433 g/mol. The minimum atomic E-state index is -0.991. The van der Waals surface area contributed by atoms with Crippen LogP contribution >= 0.6 is 11.3 Å². The molecular weight excluding hydrogens is 416 g/mol. The fourth-order valence-electron chi connectivity index (χ4n) is 3.00. The SMILES string of the molecule is NC/C(=C\F)Cn1ncn(Cc2ccc(C3Oc4c(F)cccc4NC3=O)s2)c1=O. The van der Waals surface area contributed by atoms with Gasteiger partial charge in [-0.25, -0.2) is 18.3 Å². The van der Waals surface area contributed by atoms with E-state index >= 15 is 0 Å². The molecule has 156 valence electrons. The van der Waals surface area contributed by atoms with Crippen molar-refractivity contribution in [1.82, 2.24) is 14.3 Å². The van der Waals surface area contributed by atoms with Crippen LogP contribution in [-0.2, 0) is 17.9 Å². The fraction of sp³-hybridized carbons (Fsp3) is 0.211. The van der Waals surface area contributed by atoms with Crippen molar-refractivity contribution < 1.29 is 18.3 Å². The summed E-state index contributed by atoms with van der Waals surface area (Å²) in [6.07, 6.45) is 0.728. The van der Waals surface area contributed by atoms with Crippen LogP contribution in [-0.4, -0.2) is 26.8 Å². The number of carbonyl (C=O) groups excluding carboxylic acids is 1. The molecule has 0 bridgehead atoms. The second-order valence-electron chi connectivity index (χ2n) is 6.58. The highest BCUT2D eigenvalue weighted by molar-refractivity contribution is 7.12. The van der Waals surface area contributed by atoms with E-state index in [1.807, 2.05) is 0 Å². The van der Waals surface area contributed by atoms with Gasteiger partial charge in [0.05, 0.1) is 30.0 Å². The molecule has 30 heavy (non-hydrogen) atoms. The minimum absolute atomic E-state index is 0.00817. The number of aromatic nitrogens is 3. The lowest BCUT2D eigenvalue weighted by Crippen LogP contribution is -2.30. The molecule has 3 aromatic rings. The Morgan fingerprint density at radius 1 is 1.33 bits per heavy atom. The topological polar surface area (TPSA) is 104 Å². The van der Waals surface area contributed by atoms with Gasteiger partial charge < -0.3 is 15.8 Å². The fourth-order valence-corrected chi connectivity index (χ4v) is 4.04. The molecule has 1 aromatic carbocycles. The van der Waals surface area contributed by atoms with Crippen molar-refractivity contribution >= 4 is 22.9 Å². The molecule has 1 aliphatic rings. The first kappa shape index (κ1) is 20.0. The van der Waals surface area contributed by atoms with Gasteiger partial charge in [0, 0.05) is 11.4 Å². The van der Waals surface area contributed by atoms with Gasteiger partial charge in [0.2, 0.25) is 6.10 Å². The van der Waals surface area contributed by atoms with Crippen LogP contribution in [0.2, 0.25) is 0 Å². The van der Waals surface area contributed by atoms with E-state index < -0.39 is 23.5 Å². The number of thiophene rings is 1. The number of fused-ring (bicyclic) bond motifs is 1. The molecule has 2 aromatic heterocycles. The number of nitrogens with one attached hydrogen (secondary N) is 1. The van der Waals surface area contributed by atoms with E-state index in [4.69, 9.17) is 10.5 Å². The van der Waals surface area contributed by atoms with Crippen molar-refractivity contribution in [2.45, 2.75) is 19.2 Å². The Bertz CT molecular complexity index is 1180. The van der Waals surface area contributed by atoms with Gasteiger partial charge in [-0.15, -0.1) is 11.3 Å². The van der Waals surface area contributed by atoms with Gasteiger partial charge in [-0.3, -0.25) is 9.36 Å². The third-order valence-electron chi connectivity index (χ3n) is 4.53. The van der Waals surface area contributed by atoms with Crippen LogP contribution in [0, 0.1) is 5.82 Å². The normalized spacial score (nSPS) is 16.2. The van der Waals surface area contributed by atoms with Crippen LogP contribution < -0.4 is 21.5 Å². The molecule has 0 saturated carbocycles. The molecule has 1 aliphatic heterocycles. The number of hydrogen-bond donors (Lipinski definition) is 2. The van der Waals surface area contributed by atoms with E-state index in [1.165, 1.54) is 34.4 Å². The maximum atomic E-state index is 14.0. The number of anilines is 1. The molecule has 0 fully saturated rings. The quantitative estimate of drug-likeness (QED) is 0.620. The summed E-state index contributed by atoms with van der Waals surface area (Å²) in [5, 5.41) is 6.61. The number of rotatable bonds is 6. The number of carbonyl (C=O) groups is 1. The first-order valence-corrected chi connectivity index (χ1v) is 9.77. The average molecular weight is 433 g/mol. The number of nitrogens with two attached hydrogens (primary N) is 1. The van der Waals surface area contributed by atoms with Crippen molar-refractivity contribution in [3.05, 3.63) is 74.6 Å². The molecule has 0 saturated heterocycles. The maximum Gasteiger partial charge on any atom is 0.346 e. The van der Waals surface area contributed by atoms with Gasteiger partial charge in [0.1, 0.15) is 6.33 Å². The molecule has 0 aliphatic carbocycles. The van der Waals surface area contributed by atoms with Crippen LogP contribution in [0.5, 0.6) is 5.75 Å². The van der Waals surface area contributed by atoms with Crippen molar-refractivity contribution in [2.24, 2.45) is 5.73 Å². The van der Waals surface area contributed by atoms with Gasteiger partial charge in [0.15, 0.2) is 11.6 Å². The van der Waals surface area contributed by atoms with Crippen molar-refractivity contribution in [2.75, 3.05) is 11.9 Å². The Morgan fingerprint density at radius 2 is 2.17 bits per heavy atom. The van der Waals surface area contributed by atoms with Gasteiger partial charge in [-0.1, -0.05) is 6.07 Å². The van der Waals surface area contributed by atoms with E-state index in [0.29, 0.717) is 11.2 Å². The predicted molar refractivity (Wildman–Crippen MR) is 107 cm³/mol. The smallest absolute Gasteiger partial charge is 0.346 e. The minimum Gasteiger partial charge on any atom is -0.470 e. The number of halogens is 2. The summed E-state index contributed by atoms with van der Waals surface area (Å²) in [7, 11) is 0. The molecule has 0 radical (unpaired) electrons. The highest BCUT2D eigenvalue weighted by Crippen LogP contribution is 2.38. The molecular formula is C19H17F2N5O3S. The van der Waals surface area contributed by atoms with E-state index in [2.05, 4.69) is 10.4 Å². The molecule has 0 spiro atoms. The Kier molecular flexibility index (Phi) is 5.46. The second kappa shape index (κ2) is 8.20. The summed E-state index contributed by atoms with van der Waals surface area (Å²) in [6.45, 7) is 0.160. The Morgan fingerprint density at radius 3 is 2.93 bits per heavy atom. The van der Waals surface area contributed by atoms with Crippen LogP contribution in [0.1, 0.15) is 15.9 Å². The lowest BCUT2D eigenvalue weighted by atomic mass is 10.2. The van der Waals surface area contributed by atoms with Crippen molar-refractivity contribution in [1.29, 1.82) is 0 Å². The standard InChI is InChI=1S/C19H17F2N5O3S/c20-6-11(7-22)8-26-19(28)25(10-23-26)9-12-4-5-15(30-12)17-18(27)24-14-3-1-2-13(21)16(14)29-17/h1-6,10,17H,7-9,22H2,(H,24,27)/b11-6+. The third kappa shape index (κ3) is 3.76. The van der Waals surface area contributed by atoms with Crippen LogP contribution in [0.3, 0.4) is 0 Å². The van der Waals surface area contributed by atoms with Crippen molar-refractivity contribution in [3.8, 4) is 5.75 Å². The number of benzene rings is 1. The molecule has 1 unspecified atom stereocenters. The van der Waals surface area contributed by atoms with E-state index in [9.17, 15) is 18.4 Å². The number of para-hydroxylation sites is 1. The zero-order valence-corrected chi connectivity index (χ0v) is 16.4. The molecule has 4 rings (SSSR count). The van der Waals surface area contributed by atoms with Gasteiger partial charge in [-0.05, 0) is 29.8 Å². The maximum absolute atomic E-state index is 14.0. The highest BCUT2D eigenvalue weighted by Gasteiger charge is 2.32. The Hall–Kier alpha value is -3.31. The first-order valence-electron chi connectivity index (χ1n) is 8.95. The summed E-state index contributed by atoms with van der Waals surface area (Å²) in [4.78, 5) is 26.1. The molecule has 3 heterocycles. The lowest BCUT2D eigenvalue weighted by Gasteiger charge is -2.25. The number of hydrogen-bond acceptors (Lipinski definition) is 6. The number of ether oxygens (including phenoxy) is 1. The van der Waals surface area contributed by atoms with E-state index in [0.717, 1.165) is 9.56 Å². The predicted octanol–water partition coefficient (Wildman–Crippen LogP) is 2.18. The third-order valence-corrected chi connectivity index (χ3v) is 5.65. The van der Waals surface area contributed by atoms with E-state index in [-0.39, 0.29) is 36.6 Å². The largest absolute Gasteiger partial charge is 0.470 e. The molecule has 3 N–H and O–H groups in total. The zero-order valence-electron chi connectivity index (χ0n) is 15.5. The van der Waals surface area contributed by atoms with Gasteiger partial charge in [0.25, 0.3) is 5.91 Å². The lowest BCUT2D eigenvalue weighted by molar-refractivity contribution is -0.123. The summed E-state index contributed by atoms with van der Waals surface area (Å²) in [6, 6.07) is 7.75. The average Bonchev–Trinajstić information content (AvgIpc) is 3.33. The zero-order chi connectivity index (χ0) is 21.3. The van der Waals surface area contributed by atoms with E-state index in [1.54, 1.807) is 18.2 Å². The van der Waals surface area contributed by atoms with Gasteiger partial charge >= 0.3 is 5.69 Å². The summed E-state index contributed by atoms with van der Waals surface area (Å²) < 4.78 is 34.8. The second-order valence-corrected chi connectivity index (χ2v) is 7.78. The highest BCUT2D eigenvalue weighted by atomic mass is 32.1. The van der Waals surface area contributed by atoms with Crippen molar-refractivity contribution in [3.63, 3.8) is 0 Å². The Balaban J connectivity index is 1.52.